The quantitative estimate of drug-likeness (QED) is 0.678. The van der Waals surface area contributed by atoms with E-state index < -0.39 is 11.4 Å². The first kappa shape index (κ1) is 8.79. The lowest BCUT2D eigenvalue weighted by Gasteiger charge is -2.56. The molecule has 0 aromatic heterocycles. The molecule has 0 unspecified atom stereocenters. The van der Waals surface area contributed by atoms with Crippen LogP contribution in [0.5, 0.6) is 0 Å². The zero-order valence-corrected chi connectivity index (χ0v) is 7.88. The fourth-order valence-corrected chi connectivity index (χ4v) is 2.89. The summed E-state index contributed by atoms with van der Waals surface area (Å²) in [4.78, 5) is 11.3. The van der Waals surface area contributed by atoms with E-state index in [1.165, 1.54) is 6.42 Å². The van der Waals surface area contributed by atoms with E-state index in [0.29, 0.717) is 0 Å². The van der Waals surface area contributed by atoms with Crippen molar-refractivity contribution >= 4 is 5.97 Å². The van der Waals surface area contributed by atoms with Crippen molar-refractivity contribution in [2.24, 2.45) is 10.8 Å². The van der Waals surface area contributed by atoms with Gasteiger partial charge in [0.25, 0.3) is 0 Å². The van der Waals surface area contributed by atoms with E-state index in [1.54, 1.807) is 0 Å². The minimum atomic E-state index is -0.599. The Labute approximate surface area is 78.6 Å². The summed E-state index contributed by atoms with van der Waals surface area (Å²) >= 11 is 0. The molecule has 0 aliphatic heterocycles. The number of rotatable bonds is 3. The molecule has 0 aromatic carbocycles. The number of carbonyl (C=O) groups is 1. The molecule has 2 aliphatic carbocycles. The molecule has 72 valence electrons. The van der Waals surface area contributed by atoms with Gasteiger partial charge in [-0.1, -0.05) is 18.9 Å². The van der Waals surface area contributed by atoms with Crippen LogP contribution >= 0.6 is 0 Å². The molecular weight excluding hydrogens is 164 g/mol. The van der Waals surface area contributed by atoms with Gasteiger partial charge in [-0.3, -0.25) is 4.79 Å². The number of carboxylic acids is 1. The highest BCUT2D eigenvalue weighted by Gasteiger charge is 2.60. The van der Waals surface area contributed by atoms with Crippen LogP contribution in [-0.2, 0) is 4.79 Å². The first-order valence-corrected chi connectivity index (χ1v) is 5.04. The Morgan fingerprint density at radius 3 is 1.85 bits per heavy atom. The molecule has 0 bridgehead atoms. The van der Waals surface area contributed by atoms with Gasteiger partial charge in [-0.05, 0) is 25.7 Å². The topological polar surface area (TPSA) is 37.3 Å². The second-order valence-corrected chi connectivity index (χ2v) is 4.45. The SMILES string of the molecule is C=CC1(C2(C(=O)O)CCC2)CCC1. The van der Waals surface area contributed by atoms with E-state index in [-0.39, 0.29) is 5.41 Å². The molecule has 2 heteroatoms. The van der Waals surface area contributed by atoms with E-state index >= 15 is 0 Å². The van der Waals surface area contributed by atoms with Crippen molar-refractivity contribution in [2.45, 2.75) is 38.5 Å². The number of hydrogen-bond acceptors (Lipinski definition) is 1. The minimum Gasteiger partial charge on any atom is -0.481 e. The number of aliphatic carboxylic acids is 1. The Bertz CT molecular complexity index is 247. The van der Waals surface area contributed by atoms with Crippen molar-refractivity contribution in [1.82, 2.24) is 0 Å². The minimum absolute atomic E-state index is 0.0584. The van der Waals surface area contributed by atoms with Gasteiger partial charge in [0.1, 0.15) is 0 Å². The maximum absolute atomic E-state index is 11.3. The number of hydrogen-bond donors (Lipinski definition) is 1. The van der Waals surface area contributed by atoms with Crippen LogP contribution < -0.4 is 0 Å². The molecule has 0 saturated heterocycles. The first-order valence-electron chi connectivity index (χ1n) is 5.04. The Hall–Kier alpha value is -0.790. The summed E-state index contributed by atoms with van der Waals surface area (Å²) in [6, 6.07) is 0. The van der Waals surface area contributed by atoms with Crippen molar-refractivity contribution in [3.05, 3.63) is 12.7 Å². The van der Waals surface area contributed by atoms with Crippen molar-refractivity contribution in [2.75, 3.05) is 0 Å². The van der Waals surface area contributed by atoms with E-state index in [0.717, 1.165) is 32.1 Å². The summed E-state index contributed by atoms with van der Waals surface area (Å²) < 4.78 is 0. The van der Waals surface area contributed by atoms with Crippen LogP contribution in [0, 0.1) is 10.8 Å². The largest absolute Gasteiger partial charge is 0.481 e. The highest BCUT2D eigenvalue weighted by atomic mass is 16.4. The van der Waals surface area contributed by atoms with Crippen LogP contribution in [0.2, 0.25) is 0 Å². The molecule has 2 aliphatic rings. The lowest BCUT2D eigenvalue weighted by molar-refractivity contribution is -0.171. The fraction of sp³-hybridized carbons (Fsp3) is 0.727. The lowest BCUT2D eigenvalue weighted by atomic mass is 9.46. The Kier molecular flexibility index (Phi) is 1.76. The Morgan fingerprint density at radius 2 is 1.77 bits per heavy atom. The maximum atomic E-state index is 11.3. The molecule has 2 fully saturated rings. The Morgan fingerprint density at radius 1 is 1.23 bits per heavy atom. The summed E-state index contributed by atoms with van der Waals surface area (Å²) in [7, 11) is 0. The Balaban J connectivity index is 2.29. The van der Waals surface area contributed by atoms with Gasteiger partial charge in [0.2, 0.25) is 0 Å². The van der Waals surface area contributed by atoms with E-state index in [4.69, 9.17) is 0 Å². The first-order chi connectivity index (χ1) is 6.17. The van der Waals surface area contributed by atoms with E-state index in [9.17, 15) is 9.90 Å². The van der Waals surface area contributed by atoms with Crippen LogP contribution in [0.1, 0.15) is 38.5 Å². The molecule has 13 heavy (non-hydrogen) atoms. The molecule has 2 rings (SSSR count). The fourth-order valence-electron chi connectivity index (χ4n) is 2.89. The molecule has 0 amide bonds. The maximum Gasteiger partial charge on any atom is 0.310 e. The van der Waals surface area contributed by atoms with Crippen molar-refractivity contribution in [1.29, 1.82) is 0 Å². The number of allylic oxidation sites excluding steroid dienone is 1. The van der Waals surface area contributed by atoms with Gasteiger partial charge >= 0.3 is 5.97 Å². The molecule has 1 N–H and O–H groups in total. The van der Waals surface area contributed by atoms with Gasteiger partial charge < -0.3 is 5.11 Å². The third-order valence-electron chi connectivity index (χ3n) is 4.21. The predicted molar refractivity (Wildman–Crippen MR) is 50.4 cm³/mol. The van der Waals surface area contributed by atoms with Crippen LogP contribution in [0.4, 0.5) is 0 Å². The van der Waals surface area contributed by atoms with E-state index in [1.807, 2.05) is 6.08 Å². The zero-order valence-electron chi connectivity index (χ0n) is 7.88. The van der Waals surface area contributed by atoms with Crippen LogP contribution in [0.15, 0.2) is 12.7 Å². The predicted octanol–water partition coefficient (Wildman–Crippen LogP) is 2.60. The van der Waals surface area contributed by atoms with E-state index in [2.05, 4.69) is 6.58 Å². The number of carboxylic acid groups (broad SMARTS) is 1. The van der Waals surface area contributed by atoms with Gasteiger partial charge in [-0.25, -0.2) is 0 Å². The molecule has 0 heterocycles. The average molecular weight is 180 g/mol. The second-order valence-electron chi connectivity index (χ2n) is 4.45. The van der Waals surface area contributed by atoms with Crippen molar-refractivity contribution < 1.29 is 9.90 Å². The lowest BCUT2D eigenvalue weighted by Crippen LogP contribution is -2.54. The van der Waals surface area contributed by atoms with Gasteiger partial charge in [0.15, 0.2) is 0 Å². The van der Waals surface area contributed by atoms with Gasteiger partial charge in [-0.15, -0.1) is 6.58 Å². The standard InChI is InChI=1S/C11H16O2/c1-2-10(5-3-6-10)11(9(12)13)7-4-8-11/h2H,1,3-8H2,(H,12,13). The molecule has 2 nitrogen and oxygen atoms in total. The van der Waals surface area contributed by atoms with Crippen LogP contribution in [-0.4, -0.2) is 11.1 Å². The molecule has 0 spiro atoms. The summed E-state index contributed by atoms with van der Waals surface area (Å²) in [5.41, 5.74) is -0.496. The van der Waals surface area contributed by atoms with Crippen LogP contribution in [0.25, 0.3) is 0 Å². The van der Waals surface area contributed by atoms with Crippen molar-refractivity contribution in [3.8, 4) is 0 Å². The van der Waals surface area contributed by atoms with Gasteiger partial charge in [0, 0.05) is 5.41 Å². The molecule has 2 saturated carbocycles. The van der Waals surface area contributed by atoms with Gasteiger partial charge in [-0.2, -0.15) is 0 Å². The van der Waals surface area contributed by atoms with Gasteiger partial charge in [0.05, 0.1) is 5.41 Å². The summed E-state index contributed by atoms with van der Waals surface area (Å²) in [6.45, 7) is 3.82. The third kappa shape index (κ3) is 0.862. The normalized spacial score (nSPS) is 28.3. The zero-order chi connectivity index (χ0) is 9.53. The molecular formula is C11H16O2. The summed E-state index contributed by atoms with van der Waals surface area (Å²) in [5.74, 6) is -0.599. The molecule has 0 aromatic rings. The second kappa shape index (κ2) is 2.60. The molecule has 0 atom stereocenters. The average Bonchev–Trinajstić information content (AvgIpc) is 1.91. The molecule has 0 radical (unpaired) electrons. The summed E-state index contributed by atoms with van der Waals surface area (Å²) in [5, 5.41) is 9.27. The highest BCUT2D eigenvalue weighted by molar-refractivity contribution is 5.77. The smallest absolute Gasteiger partial charge is 0.310 e. The summed E-state index contributed by atoms with van der Waals surface area (Å²) in [6.07, 6.45) is 7.92. The third-order valence-corrected chi connectivity index (χ3v) is 4.21. The van der Waals surface area contributed by atoms with Crippen molar-refractivity contribution in [3.63, 3.8) is 0 Å². The monoisotopic (exact) mass is 180 g/mol. The highest BCUT2D eigenvalue weighted by Crippen LogP contribution is 2.63. The van der Waals surface area contributed by atoms with Crippen LogP contribution in [0.3, 0.4) is 0 Å².